The van der Waals surface area contributed by atoms with Crippen molar-refractivity contribution in [3.63, 3.8) is 0 Å². The average Bonchev–Trinajstić information content (AvgIpc) is 2.44. The van der Waals surface area contributed by atoms with Gasteiger partial charge in [0.15, 0.2) is 0 Å². The summed E-state index contributed by atoms with van der Waals surface area (Å²) in [6.45, 7) is 0. The van der Waals surface area contributed by atoms with Crippen LogP contribution in [0, 0.1) is 5.92 Å². The second-order valence-corrected chi connectivity index (χ2v) is 5.04. The number of fused-ring (bicyclic) bond motifs is 1. The molecule has 2 atom stereocenters. The van der Waals surface area contributed by atoms with Crippen LogP contribution in [0.5, 0.6) is 11.5 Å². The first-order valence-electron chi connectivity index (χ1n) is 6.26. The highest BCUT2D eigenvalue weighted by Crippen LogP contribution is 2.38. The summed E-state index contributed by atoms with van der Waals surface area (Å²) in [5, 5.41) is 3.39. The fourth-order valence-electron chi connectivity index (χ4n) is 2.80. The Hall–Kier alpha value is -0.870. The normalized spacial score (nSPS) is 22.4. The molecule has 4 heteroatoms. The zero-order chi connectivity index (χ0) is 13.1. The topological polar surface area (TPSA) is 30.5 Å². The van der Waals surface area contributed by atoms with Gasteiger partial charge in [-0.2, -0.15) is 12.6 Å². The minimum absolute atomic E-state index is 0.455. The molecule has 18 heavy (non-hydrogen) atoms. The minimum atomic E-state index is 0.455. The zero-order valence-corrected chi connectivity index (χ0v) is 12.1. The molecule has 1 N–H and O–H groups in total. The maximum absolute atomic E-state index is 5.47. The van der Waals surface area contributed by atoms with E-state index in [2.05, 4.69) is 17.9 Å². The van der Waals surface area contributed by atoms with Crippen LogP contribution >= 0.6 is 12.6 Å². The van der Waals surface area contributed by atoms with Crippen molar-refractivity contribution >= 4 is 12.6 Å². The molecule has 0 saturated heterocycles. The predicted octanol–water partition coefficient (Wildman–Crippen LogP) is 1.94. The monoisotopic (exact) mass is 267 g/mol. The van der Waals surface area contributed by atoms with Crippen LogP contribution in [0.4, 0.5) is 0 Å². The van der Waals surface area contributed by atoms with Crippen molar-refractivity contribution in [3.05, 3.63) is 23.3 Å². The van der Waals surface area contributed by atoms with Crippen LogP contribution in [-0.2, 0) is 12.8 Å². The fraction of sp³-hybridized carbons (Fsp3) is 0.571. The molecule has 1 aliphatic rings. The van der Waals surface area contributed by atoms with Crippen molar-refractivity contribution in [2.45, 2.75) is 18.9 Å². The number of methoxy groups -OCH3 is 2. The van der Waals surface area contributed by atoms with Gasteiger partial charge in [0.05, 0.1) is 14.2 Å². The third-order valence-corrected chi connectivity index (χ3v) is 4.32. The Bertz CT molecular complexity index is 384. The molecule has 0 amide bonds. The highest BCUT2D eigenvalue weighted by atomic mass is 32.1. The molecule has 1 aliphatic carbocycles. The number of rotatable bonds is 4. The van der Waals surface area contributed by atoms with Crippen molar-refractivity contribution in [3.8, 4) is 11.5 Å². The molecule has 0 saturated carbocycles. The van der Waals surface area contributed by atoms with E-state index in [1.165, 1.54) is 11.1 Å². The van der Waals surface area contributed by atoms with Gasteiger partial charge in [-0.3, -0.25) is 0 Å². The Balaban J connectivity index is 2.45. The molecule has 0 spiro atoms. The second kappa shape index (κ2) is 5.85. The molecular weight excluding hydrogens is 246 g/mol. The molecule has 0 aromatic heterocycles. The highest BCUT2D eigenvalue weighted by molar-refractivity contribution is 7.80. The van der Waals surface area contributed by atoms with Gasteiger partial charge in [-0.05, 0) is 43.7 Å². The molecule has 0 fully saturated rings. The molecule has 1 aromatic rings. The number of nitrogens with one attached hydrogen (secondary N) is 1. The summed E-state index contributed by atoms with van der Waals surface area (Å²) in [6.07, 6.45) is 1.96. The van der Waals surface area contributed by atoms with Gasteiger partial charge in [0, 0.05) is 17.2 Å². The van der Waals surface area contributed by atoms with Crippen LogP contribution in [0.25, 0.3) is 0 Å². The third-order valence-electron chi connectivity index (χ3n) is 3.85. The Labute approximate surface area is 114 Å². The molecule has 0 radical (unpaired) electrons. The van der Waals surface area contributed by atoms with E-state index in [0.29, 0.717) is 12.0 Å². The van der Waals surface area contributed by atoms with Gasteiger partial charge in [0.2, 0.25) is 0 Å². The summed E-state index contributed by atoms with van der Waals surface area (Å²) in [5.74, 6) is 3.34. The largest absolute Gasteiger partial charge is 0.496 e. The van der Waals surface area contributed by atoms with Crippen LogP contribution in [0.15, 0.2) is 12.1 Å². The molecule has 2 rings (SSSR count). The number of ether oxygens (including phenoxy) is 2. The smallest absolute Gasteiger partial charge is 0.122 e. The summed E-state index contributed by atoms with van der Waals surface area (Å²) < 4.78 is 10.9. The lowest BCUT2D eigenvalue weighted by atomic mass is 9.80. The SMILES string of the molecule is CN[C@H]1Cc2c(OC)ccc(OC)c2C[C@@H]1CS. The van der Waals surface area contributed by atoms with E-state index in [1.54, 1.807) is 14.2 Å². The lowest BCUT2D eigenvalue weighted by Crippen LogP contribution is -2.41. The number of hydrogen-bond acceptors (Lipinski definition) is 4. The molecular formula is C14H21NO2S. The van der Waals surface area contributed by atoms with Crippen molar-refractivity contribution in [1.29, 1.82) is 0 Å². The van der Waals surface area contributed by atoms with E-state index in [0.717, 1.165) is 30.1 Å². The molecule has 1 aromatic carbocycles. The van der Waals surface area contributed by atoms with Gasteiger partial charge >= 0.3 is 0 Å². The fourth-order valence-corrected chi connectivity index (χ4v) is 3.18. The lowest BCUT2D eigenvalue weighted by Gasteiger charge is -2.33. The molecule has 3 nitrogen and oxygen atoms in total. The first kappa shape index (κ1) is 13.6. The van der Waals surface area contributed by atoms with Crippen molar-refractivity contribution in [2.75, 3.05) is 27.0 Å². The standard InChI is InChI=1S/C14H21NO2S/c1-15-12-7-11-10(6-9(12)8-18)13(16-2)4-5-14(11)17-3/h4-5,9,12,15,18H,6-8H2,1-3H3/t9-,12+/m1/s1. The van der Waals surface area contributed by atoms with Crippen LogP contribution < -0.4 is 14.8 Å². The van der Waals surface area contributed by atoms with E-state index in [1.807, 2.05) is 19.2 Å². The number of likely N-dealkylation sites (N-methyl/N-ethyl adjacent to an activating group) is 1. The molecule has 100 valence electrons. The zero-order valence-electron chi connectivity index (χ0n) is 11.2. The molecule has 0 bridgehead atoms. The van der Waals surface area contributed by atoms with Gasteiger partial charge < -0.3 is 14.8 Å². The van der Waals surface area contributed by atoms with E-state index >= 15 is 0 Å². The first-order chi connectivity index (χ1) is 8.74. The average molecular weight is 267 g/mol. The Morgan fingerprint density at radius 2 is 1.72 bits per heavy atom. The highest BCUT2D eigenvalue weighted by Gasteiger charge is 2.30. The second-order valence-electron chi connectivity index (χ2n) is 4.67. The predicted molar refractivity (Wildman–Crippen MR) is 77.1 cm³/mol. The van der Waals surface area contributed by atoms with Gasteiger partial charge in [0.1, 0.15) is 11.5 Å². The Morgan fingerprint density at radius 3 is 2.17 bits per heavy atom. The summed E-state index contributed by atoms with van der Waals surface area (Å²) in [6, 6.07) is 4.44. The number of thiol groups is 1. The van der Waals surface area contributed by atoms with Gasteiger partial charge in [-0.15, -0.1) is 0 Å². The summed E-state index contributed by atoms with van der Waals surface area (Å²) in [7, 11) is 5.46. The van der Waals surface area contributed by atoms with E-state index in [-0.39, 0.29) is 0 Å². The van der Waals surface area contributed by atoms with E-state index < -0.39 is 0 Å². The molecule has 0 heterocycles. The van der Waals surface area contributed by atoms with E-state index in [4.69, 9.17) is 9.47 Å². The molecule has 0 aliphatic heterocycles. The van der Waals surface area contributed by atoms with Gasteiger partial charge in [-0.1, -0.05) is 0 Å². The summed E-state index contributed by atoms with van der Waals surface area (Å²) >= 11 is 4.47. The maximum Gasteiger partial charge on any atom is 0.122 e. The van der Waals surface area contributed by atoms with Gasteiger partial charge in [0.25, 0.3) is 0 Å². The Morgan fingerprint density at radius 1 is 1.17 bits per heavy atom. The van der Waals surface area contributed by atoms with Gasteiger partial charge in [-0.25, -0.2) is 0 Å². The van der Waals surface area contributed by atoms with Crippen LogP contribution in [0.2, 0.25) is 0 Å². The summed E-state index contributed by atoms with van der Waals surface area (Å²) in [4.78, 5) is 0. The number of benzene rings is 1. The first-order valence-corrected chi connectivity index (χ1v) is 6.89. The van der Waals surface area contributed by atoms with Crippen molar-refractivity contribution in [2.24, 2.45) is 5.92 Å². The summed E-state index contributed by atoms with van der Waals surface area (Å²) in [5.41, 5.74) is 2.55. The Kier molecular flexibility index (Phi) is 4.40. The maximum atomic E-state index is 5.47. The van der Waals surface area contributed by atoms with Crippen LogP contribution in [-0.4, -0.2) is 33.1 Å². The molecule has 0 unspecified atom stereocenters. The lowest BCUT2D eigenvalue weighted by molar-refractivity contribution is 0.344. The van der Waals surface area contributed by atoms with Crippen LogP contribution in [0.1, 0.15) is 11.1 Å². The third kappa shape index (κ3) is 2.31. The van der Waals surface area contributed by atoms with Crippen molar-refractivity contribution < 1.29 is 9.47 Å². The van der Waals surface area contributed by atoms with E-state index in [9.17, 15) is 0 Å². The van der Waals surface area contributed by atoms with Crippen molar-refractivity contribution in [1.82, 2.24) is 5.32 Å². The quantitative estimate of drug-likeness (QED) is 0.817. The van der Waals surface area contributed by atoms with Crippen LogP contribution in [0.3, 0.4) is 0 Å². The number of hydrogen-bond donors (Lipinski definition) is 2. The minimum Gasteiger partial charge on any atom is -0.496 e.